The molecule has 0 saturated heterocycles. The van der Waals surface area contributed by atoms with Crippen molar-refractivity contribution in [2.75, 3.05) is 18.4 Å². The number of thiazole rings is 1. The van der Waals surface area contributed by atoms with Gasteiger partial charge in [-0.2, -0.15) is 0 Å². The fraction of sp³-hybridized carbons (Fsp3) is 0.583. The molecule has 0 bridgehead atoms. The number of nitrogens with zero attached hydrogens (tertiary/aromatic N) is 5. The lowest BCUT2D eigenvalue weighted by atomic mass is 10.3. The zero-order chi connectivity index (χ0) is 13.1. The Bertz CT molecular complexity index is 534. The van der Waals surface area contributed by atoms with Gasteiger partial charge in [0.1, 0.15) is 12.2 Å². The van der Waals surface area contributed by atoms with Crippen molar-refractivity contribution >= 4 is 16.5 Å². The molecule has 1 aliphatic rings. The number of aromatic nitrogens is 4. The summed E-state index contributed by atoms with van der Waals surface area (Å²) < 4.78 is 2.12. The van der Waals surface area contributed by atoms with Crippen molar-refractivity contribution in [2.45, 2.75) is 33.0 Å². The second kappa shape index (κ2) is 5.66. The fourth-order valence-corrected chi connectivity index (χ4v) is 3.05. The number of nitrogens with one attached hydrogen (secondary N) is 1. The van der Waals surface area contributed by atoms with Crippen LogP contribution in [0.25, 0.3) is 0 Å². The minimum Gasteiger partial charge on any atom is -0.362 e. The second-order valence-corrected chi connectivity index (χ2v) is 5.82. The minimum absolute atomic E-state index is 0.871. The van der Waals surface area contributed by atoms with E-state index in [9.17, 15) is 0 Å². The molecule has 6 nitrogen and oxygen atoms in total. The third-order valence-corrected chi connectivity index (χ3v) is 4.12. The van der Waals surface area contributed by atoms with Crippen LogP contribution in [-0.2, 0) is 19.6 Å². The summed E-state index contributed by atoms with van der Waals surface area (Å²) in [4.78, 5) is 8.09. The van der Waals surface area contributed by atoms with Crippen LogP contribution < -0.4 is 5.32 Å². The highest BCUT2D eigenvalue weighted by Gasteiger charge is 2.18. The molecule has 0 unspecified atom stereocenters. The summed E-state index contributed by atoms with van der Waals surface area (Å²) in [6.45, 7) is 6.97. The number of hydrogen-bond donors (Lipinski definition) is 1. The van der Waals surface area contributed by atoms with E-state index in [0.717, 1.165) is 50.1 Å². The van der Waals surface area contributed by atoms with E-state index < -0.39 is 0 Å². The molecule has 3 rings (SSSR count). The Morgan fingerprint density at radius 3 is 3.26 bits per heavy atom. The van der Waals surface area contributed by atoms with Gasteiger partial charge in [0.2, 0.25) is 0 Å². The molecule has 3 heterocycles. The van der Waals surface area contributed by atoms with E-state index in [4.69, 9.17) is 0 Å². The van der Waals surface area contributed by atoms with Gasteiger partial charge < -0.3 is 9.88 Å². The molecular weight excluding hydrogens is 260 g/mol. The molecule has 0 radical (unpaired) electrons. The first-order chi connectivity index (χ1) is 9.35. The van der Waals surface area contributed by atoms with Gasteiger partial charge >= 0.3 is 0 Å². The summed E-state index contributed by atoms with van der Waals surface area (Å²) in [6, 6.07) is 0. The molecule has 2 aromatic rings. The Hall–Kier alpha value is -1.47. The van der Waals surface area contributed by atoms with E-state index in [1.165, 1.54) is 4.88 Å². The van der Waals surface area contributed by atoms with E-state index in [1.54, 1.807) is 11.3 Å². The van der Waals surface area contributed by atoms with Gasteiger partial charge in [-0.15, -0.1) is 21.5 Å². The van der Waals surface area contributed by atoms with Gasteiger partial charge in [-0.05, 0) is 6.42 Å². The van der Waals surface area contributed by atoms with E-state index >= 15 is 0 Å². The SMILES string of the molecule is CCCNc1ncc(CN2CCn3cnnc3C2)s1. The Labute approximate surface area is 116 Å². The van der Waals surface area contributed by atoms with E-state index in [2.05, 4.69) is 36.9 Å². The number of rotatable bonds is 5. The average molecular weight is 278 g/mol. The maximum Gasteiger partial charge on any atom is 0.182 e. The Balaban J connectivity index is 1.58. The molecule has 19 heavy (non-hydrogen) atoms. The predicted molar refractivity (Wildman–Crippen MR) is 75.0 cm³/mol. The van der Waals surface area contributed by atoms with Crippen LogP contribution in [0.2, 0.25) is 0 Å². The van der Waals surface area contributed by atoms with Crippen molar-refractivity contribution in [1.82, 2.24) is 24.6 Å². The van der Waals surface area contributed by atoms with Gasteiger partial charge in [0, 0.05) is 37.3 Å². The standard InChI is InChI=1S/C12H18N6S/c1-2-3-13-12-14-6-10(19-12)7-17-4-5-18-9-15-16-11(18)8-17/h6,9H,2-5,7-8H2,1H3,(H,13,14). The highest BCUT2D eigenvalue weighted by Crippen LogP contribution is 2.21. The molecule has 0 fully saturated rings. The van der Waals surface area contributed by atoms with Crippen LogP contribution in [0.5, 0.6) is 0 Å². The Kier molecular flexibility index (Phi) is 3.74. The summed E-state index contributed by atoms with van der Waals surface area (Å²) in [5.41, 5.74) is 0. The van der Waals surface area contributed by atoms with Crippen molar-refractivity contribution in [3.63, 3.8) is 0 Å². The first kappa shape index (κ1) is 12.6. The van der Waals surface area contributed by atoms with E-state index in [1.807, 2.05) is 12.5 Å². The number of hydrogen-bond acceptors (Lipinski definition) is 6. The van der Waals surface area contributed by atoms with Crippen molar-refractivity contribution < 1.29 is 0 Å². The molecule has 0 saturated carbocycles. The predicted octanol–water partition coefficient (Wildman–Crippen LogP) is 1.57. The molecule has 7 heteroatoms. The lowest BCUT2D eigenvalue weighted by molar-refractivity contribution is 0.210. The first-order valence-electron chi connectivity index (χ1n) is 6.63. The van der Waals surface area contributed by atoms with Crippen molar-refractivity contribution in [3.8, 4) is 0 Å². The van der Waals surface area contributed by atoms with E-state index in [-0.39, 0.29) is 0 Å². The molecule has 0 spiro atoms. The second-order valence-electron chi connectivity index (χ2n) is 4.71. The van der Waals surface area contributed by atoms with Crippen molar-refractivity contribution in [1.29, 1.82) is 0 Å². The zero-order valence-electron chi connectivity index (χ0n) is 11.0. The summed E-state index contributed by atoms with van der Waals surface area (Å²) in [6.07, 6.45) is 4.91. The summed E-state index contributed by atoms with van der Waals surface area (Å²) in [5.74, 6) is 1.06. The molecule has 2 aromatic heterocycles. The van der Waals surface area contributed by atoms with Crippen LogP contribution in [0.15, 0.2) is 12.5 Å². The highest BCUT2D eigenvalue weighted by molar-refractivity contribution is 7.15. The first-order valence-corrected chi connectivity index (χ1v) is 7.44. The minimum atomic E-state index is 0.871. The smallest absolute Gasteiger partial charge is 0.182 e. The lowest BCUT2D eigenvalue weighted by Crippen LogP contribution is -2.32. The largest absolute Gasteiger partial charge is 0.362 e. The third-order valence-electron chi connectivity index (χ3n) is 3.18. The Morgan fingerprint density at radius 2 is 2.37 bits per heavy atom. The van der Waals surface area contributed by atoms with Gasteiger partial charge in [0.15, 0.2) is 5.13 Å². The molecule has 0 aliphatic carbocycles. The van der Waals surface area contributed by atoms with E-state index in [0.29, 0.717) is 0 Å². The molecule has 102 valence electrons. The van der Waals surface area contributed by atoms with Gasteiger partial charge in [-0.25, -0.2) is 4.98 Å². The topological polar surface area (TPSA) is 58.9 Å². The van der Waals surface area contributed by atoms with Gasteiger partial charge in [0.25, 0.3) is 0 Å². The number of anilines is 1. The molecule has 0 aromatic carbocycles. The lowest BCUT2D eigenvalue weighted by Gasteiger charge is -2.26. The quantitative estimate of drug-likeness (QED) is 0.899. The molecular formula is C12H18N6S. The van der Waals surface area contributed by atoms with Crippen LogP contribution >= 0.6 is 11.3 Å². The maximum atomic E-state index is 4.40. The fourth-order valence-electron chi connectivity index (χ4n) is 2.17. The Morgan fingerprint density at radius 1 is 1.42 bits per heavy atom. The molecule has 1 aliphatic heterocycles. The van der Waals surface area contributed by atoms with Gasteiger partial charge in [-0.1, -0.05) is 6.92 Å². The van der Waals surface area contributed by atoms with Crippen LogP contribution in [0.3, 0.4) is 0 Å². The summed E-state index contributed by atoms with van der Waals surface area (Å²) >= 11 is 1.74. The van der Waals surface area contributed by atoms with Crippen LogP contribution in [0, 0.1) is 0 Å². The summed E-state index contributed by atoms with van der Waals surface area (Å²) in [5, 5.41) is 12.4. The van der Waals surface area contributed by atoms with Gasteiger partial charge in [0.05, 0.1) is 6.54 Å². The molecule has 0 amide bonds. The van der Waals surface area contributed by atoms with Crippen molar-refractivity contribution in [2.24, 2.45) is 0 Å². The van der Waals surface area contributed by atoms with Crippen LogP contribution in [-0.4, -0.2) is 37.7 Å². The normalized spacial score (nSPS) is 15.4. The molecule has 0 atom stereocenters. The highest BCUT2D eigenvalue weighted by atomic mass is 32.1. The van der Waals surface area contributed by atoms with Gasteiger partial charge in [-0.3, -0.25) is 4.90 Å². The summed E-state index contributed by atoms with van der Waals surface area (Å²) in [7, 11) is 0. The zero-order valence-corrected chi connectivity index (χ0v) is 11.9. The third kappa shape index (κ3) is 2.93. The van der Waals surface area contributed by atoms with Crippen LogP contribution in [0.1, 0.15) is 24.0 Å². The molecule has 1 N–H and O–H groups in total. The average Bonchev–Trinajstić information content (AvgIpc) is 3.05. The van der Waals surface area contributed by atoms with Crippen molar-refractivity contribution in [3.05, 3.63) is 23.2 Å². The van der Waals surface area contributed by atoms with Crippen LogP contribution in [0.4, 0.5) is 5.13 Å². The monoisotopic (exact) mass is 278 g/mol. The maximum absolute atomic E-state index is 4.40. The number of fused-ring (bicyclic) bond motifs is 1.